The lowest BCUT2D eigenvalue weighted by atomic mass is 9.89. The monoisotopic (exact) mass is 391 g/mol. The SMILES string of the molecule is O=C(CC1(N2CCOCC2)CCCC1)N1CCNCC1c1ccccc1Cl. The van der Waals surface area contributed by atoms with E-state index in [1.165, 1.54) is 12.8 Å². The largest absolute Gasteiger partial charge is 0.379 e. The summed E-state index contributed by atoms with van der Waals surface area (Å²) in [5, 5.41) is 4.18. The van der Waals surface area contributed by atoms with Gasteiger partial charge in [-0.05, 0) is 24.5 Å². The molecule has 4 rings (SSSR count). The molecule has 27 heavy (non-hydrogen) atoms. The average molecular weight is 392 g/mol. The van der Waals surface area contributed by atoms with Crippen LogP contribution in [-0.4, -0.2) is 67.2 Å². The minimum atomic E-state index is 0.0168. The van der Waals surface area contributed by atoms with Gasteiger partial charge in [0.05, 0.1) is 19.3 Å². The summed E-state index contributed by atoms with van der Waals surface area (Å²) in [5.41, 5.74) is 1.07. The van der Waals surface area contributed by atoms with Crippen LogP contribution in [0.1, 0.15) is 43.7 Å². The second kappa shape index (κ2) is 8.48. The van der Waals surface area contributed by atoms with Crippen molar-refractivity contribution in [3.05, 3.63) is 34.9 Å². The summed E-state index contributed by atoms with van der Waals surface area (Å²) in [4.78, 5) is 18.1. The van der Waals surface area contributed by atoms with Gasteiger partial charge in [-0.15, -0.1) is 0 Å². The van der Waals surface area contributed by atoms with Crippen LogP contribution in [0.3, 0.4) is 0 Å². The average Bonchev–Trinajstić information content (AvgIpc) is 3.19. The molecule has 0 aromatic heterocycles. The lowest BCUT2D eigenvalue weighted by Crippen LogP contribution is -2.56. The summed E-state index contributed by atoms with van der Waals surface area (Å²) in [5.74, 6) is 0.273. The summed E-state index contributed by atoms with van der Waals surface area (Å²) in [7, 11) is 0. The summed E-state index contributed by atoms with van der Waals surface area (Å²) in [6, 6.07) is 7.93. The van der Waals surface area contributed by atoms with E-state index in [1.807, 2.05) is 24.3 Å². The number of benzene rings is 1. The normalized spacial score (nSPS) is 26.3. The molecule has 3 fully saturated rings. The fraction of sp³-hybridized carbons (Fsp3) is 0.667. The molecule has 1 aliphatic carbocycles. The Morgan fingerprint density at radius 3 is 2.67 bits per heavy atom. The number of ether oxygens (including phenoxy) is 1. The zero-order valence-corrected chi connectivity index (χ0v) is 16.7. The van der Waals surface area contributed by atoms with Crippen molar-refractivity contribution >= 4 is 17.5 Å². The van der Waals surface area contributed by atoms with Crippen LogP contribution in [0.5, 0.6) is 0 Å². The van der Waals surface area contributed by atoms with Gasteiger partial charge in [0.2, 0.25) is 5.91 Å². The smallest absolute Gasteiger partial charge is 0.225 e. The van der Waals surface area contributed by atoms with Crippen molar-refractivity contribution in [2.45, 2.75) is 43.7 Å². The van der Waals surface area contributed by atoms with Gasteiger partial charge in [0.25, 0.3) is 0 Å². The molecular formula is C21H30ClN3O2. The summed E-state index contributed by atoms with van der Waals surface area (Å²) >= 11 is 6.46. The van der Waals surface area contributed by atoms with E-state index in [0.717, 1.165) is 69.4 Å². The Labute approximate surface area is 167 Å². The number of carbonyl (C=O) groups is 1. The molecule has 1 atom stereocenters. The first kappa shape index (κ1) is 19.2. The Morgan fingerprint density at radius 1 is 1.19 bits per heavy atom. The van der Waals surface area contributed by atoms with Crippen molar-refractivity contribution in [3.8, 4) is 0 Å². The number of hydrogen-bond donors (Lipinski definition) is 1. The fourth-order valence-electron chi connectivity index (χ4n) is 5.08. The molecule has 1 unspecified atom stereocenters. The minimum Gasteiger partial charge on any atom is -0.379 e. The van der Waals surface area contributed by atoms with E-state index < -0.39 is 0 Å². The summed E-state index contributed by atoms with van der Waals surface area (Å²) in [6.45, 7) is 5.81. The number of hydrogen-bond acceptors (Lipinski definition) is 4. The van der Waals surface area contributed by atoms with E-state index in [2.05, 4.69) is 15.1 Å². The molecule has 0 spiro atoms. The topological polar surface area (TPSA) is 44.8 Å². The number of amides is 1. The van der Waals surface area contributed by atoms with Gasteiger partial charge in [0, 0.05) is 49.7 Å². The van der Waals surface area contributed by atoms with Crippen LogP contribution in [0.15, 0.2) is 24.3 Å². The third-order valence-corrected chi connectivity index (χ3v) is 6.87. The minimum absolute atomic E-state index is 0.0168. The highest BCUT2D eigenvalue weighted by atomic mass is 35.5. The molecule has 1 N–H and O–H groups in total. The molecule has 2 aliphatic heterocycles. The molecule has 1 aromatic carbocycles. The van der Waals surface area contributed by atoms with Crippen molar-refractivity contribution in [3.63, 3.8) is 0 Å². The van der Waals surface area contributed by atoms with Gasteiger partial charge in [-0.2, -0.15) is 0 Å². The van der Waals surface area contributed by atoms with Gasteiger partial charge >= 0.3 is 0 Å². The zero-order valence-electron chi connectivity index (χ0n) is 16.0. The van der Waals surface area contributed by atoms with Gasteiger partial charge in [0.1, 0.15) is 0 Å². The Hall–Kier alpha value is -1.14. The van der Waals surface area contributed by atoms with Crippen LogP contribution < -0.4 is 5.32 Å². The lowest BCUT2D eigenvalue weighted by Gasteiger charge is -2.45. The second-order valence-corrected chi connectivity index (χ2v) is 8.44. The Balaban J connectivity index is 1.53. The van der Waals surface area contributed by atoms with Crippen LogP contribution >= 0.6 is 11.6 Å². The van der Waals surface area contributed by atoms with Crippen LogP contribution in [0, 0.1) is 0 Å². The second-order valence-electron chi connectivity index (χ2n) is 8.04. The predicted molar refractivity (Wildman–Crippen MR) is 107 cm³/mol. The van der Waals surface area contributed by atoms with Gasteiger partial charge in [-0.25, -0.2) is 0 Å². The number of halogens is 1. The van der Waals surface area contributed by atoms with Crippen LogP contribution in [-0.2, 0) is 9.53 Å². The molecule has 6 heteroatoms. The molecule has 0 radical (unpaired) electrons. The molecule has 1 aromatic rings. The third kappa shape index (κ3) is 4.02. The summed E-state index contributed by atoms with van der Waals surface area (Å²) < 4.78 is 5.55. The van der Waals surface area contributed by atoms with E-state index in [9.17, 15) is 4.79 Å². The number of rotatable bonds is 4. The fourth-order valence-corrected chi connectivity index (χ4v) is 5.35. The molecular weight excluding hydrogens is 362 g/mol. The quantitative estimate of drug-likeness (QED) is 0.857. The molecule has 5 nitrogen and oxygen atoms in total. The van der Waals surface area contributed by atoms with Crippen molar-refractivity contribution in [2.75, 3.05) is 45.9 Å². The van der Waals surface area contributed by atoms with Crippen LogP contribution in [0.4, 0.5) is 0 Å². The van der Waals surface area contributed by atoms with Crippen molar-refractivity contribution in [2.24, 2.45) is 0 Å². The molecule has 0 bridgehead atoms. The van der Waals surface area contributed by atoms with Crippen LogP contribution in [0.2, 0.25) is 5.02 Å². The standard InChI is InChI=1S/C21H30ClN3O2/c22-18-6-2-1-5-17(18)19-16-23-9-10-25(19)20(26)15-21(7-3-4-8-21)24-11-13-27-14-12-24/h1-2,5-6,19,23H,3-4,7-16H2. The maximum absolute atomic E-state index is 13.5. The Morgan fingerprint density at radius 2 is 1.93 bits per heavy atom. The highest BCUT2D eigenvalue weighted by Crippen LogP contribution is 2.40. The van der Waals surface area contributed by atoms with E-state index in [1.54, 1.807) is 0 Å². The molecule has 2 saturated heterocycles. The van der Waals surface area contributed by atoms with Gasteiger partial charge in [-0.1, -0.05) is 42.6 Å². The van der Waals surface area contributed by atoms with E-state index >= 15 is 0 Å². The van der Waals surface area contributed by atoms with Gasteiger partial charge in [0.15, 0.2) is 0 Å². The Kier molecular flexibility index (Phi) is 6.02. The first-order valence-electron chi connectivity index (χ1n) is 10.3. The predicted octanol–water partition coefficient (Wildman–Crippen LogP) is 2.85. The Bertz CT molecular complexity index is 657. The van der Waals surface area contributed by atoms with Gasteiger partial charge < -0.3 is 15.0 Å². The van der Waals surface area contributed by atoms with Crippen molar-refractivity contribution in [1.29, 1.82) is 0 Å². The molecule has 1 saturated carbocycles. The number of carbonyl (C=O) groups excluding carboxylic acids is 1. The first-order chi connectivity index (χ1) is 13.2. The molecule has 2 heterocycles. The van der Waals surface area contributed by atoms with Gasteiger partial charge in [-0.3, -0.25) is 9.69 Å². The van der Waals surface area contributed by atoms with E-state index in [-0.39, 0.29) is 17.5 Å². The molecule has 148 valence electrons. The van der Waals surface area contributed by atoms with E-state index in [0.29, 0.717) is 6.42 Å². The third-order valence-electron chi connectivity index (χ3n) is 6.52. The zero-order chi connectivity index (χ0) is 18.7. The van der Waals surface area contributed by atoms with Crippen molar-refractivity contribution in [1.82, 2.24) is 15.1 Å². The number of nitrogens with zero attached hydrogens (tertiary/aromatic N) is 2. The highest BCUT2D eigenvalue weighted by Gasteiger charge is 2.43. The molecule has 3 aliphatic rings. The highest BCUT2D eigenvalue weighted by molar-refractivity contribution is 6.31. The van der Waals surface area contributed by atoms with E-state index in [4.69, 9.17) is 16.3 Å². The number of nitrogens with one attached hydrogen (secondary N) is 1. The van der Waals surface area contributed by atoms with Crippen molar-refractivity contribution < 1.29 is 9.53 Å². The number of morpholine rings is 1. The van der Waals surface area contributed by atoms with Crippen LogP contribution in [0.25, 0.3) is 0 Å². The molecule has 1 amide bonds. The maximum Gasteiger partial charge on any atom is 0.225 e. The summed E-state index contributed by atoms with van der Waals surface area (Å²) in [6.07, 6.45) is 5.32. The number of piperazine rings is 1. The lowest BCUT2D eigenvalue weighted by molar-refractivity contribution is -0.139. The first-order valence-corrected chi connectivity index (χ1v) is 10.6. The maximum atomic E-state index is 13.5.